The maximum atomic E-state index is 12.6. The SMILES string of the molecule is CC[C@H](C(=O)O[C@@H](C)c1nnc(-c2ccc([N+](=O)[O-])cc2)o1)c1ccccc1. The van der Waals surface area contributed by atoms with E-state index in [1.807, 2.05) is 37.3 Å². The summed E-state index contributed by atoms with van der Waals surface area (Å²) in [4.78, 5) is 22.8. The quantitative estimate of drug-likeness (QED) is 0.338. The van der Waals surface area contributed by atoms with Crippen LogP contribution in [0.5, 0.6) is 0 Å². The molecule has 0 spiro atoms. The van der Waals surface area contributed by atoms with E-state index < -0.39 is 11.0 Å². The molecule has 0 aliphatic heterocycles. The molecule has 3 aromatic rings. The fourth-order valence-electron chi connectivity index (χ4n) is 2.77. The van der Waals surface area contributed by atoms with Crippen molar-refractivity contribution in [3.63, 3.8) is 0 Å². The topological polar surface area (TPSA) is 108 Å². The highest BCUT2D eigenvalue weighted by molar-refractivity contribution is 5.78. The highest BCUT2D eigenvalue weighted by atomic mass is 16.6. The van der Waals surface area contributed by atoms with Crippen LogP contribution in [0.25, 0.3) is 11.5 Å². The lowest BCUT2D eigenvalue weighted by molar-refractivity contribution is -0.384. The van der Waals surface area contributed by atoms with Gasteiger partial charge in [0.1, 0.15) is 0 Å². The van der Waals surface area contributed by atoms with Crippen molar-refractivity contribution in [2.45, 2.75) is 32.3 Å². The molecular formula is C20H19N3O5. The van der Waals surface area contributed by atoms with Gasteiger partial charge in [-0.15, -0.1) is 10.2 Å². The summed E-state index contributed by atoms with van der Waals surface area (Å²) in [6.07, 6.45) is -0.113. The Bertz CT molecular complexity index is 953. The smallest absolute Gasteiger partial charge is 0.314 e. The molecule has 28 heavy (non-hydrogen) atoms. The molecule has 2 aromatic carbocycles. The van der Waals surface area contributed by atoms with Crippen LogP contribution >= 0.6 is 0 Å². The Morgan fingerprint density at radius 1 is 1.14 bits per heavy atom. The van der Waals surface area contributed by atoms with Gasteiger partial charge < -0.3 is 9.15 Å². The summed E-state index contributed by atoms with van der Waals surface area (Å²) in [5, 5.41) is 18.6. The first-order valence-electron chi connectivity index (χ1n) is 8.83. The van der Waals surface area contributed by atoms with Crippen LogP contribution in [0.3, 0.4) is 0 Å². The van der Waals surface area contributed by atoms with E-state index in [9.17, 15) is 14.9 Å². The van der Waals surface area contributed by atoms with Gasteiger partial charge in [-0.05, 0) is 31.0 Å². The molecule has 1 aromatic heterocycles. The van der Waals surface area contributed by atoms with E-state index in [2.05, 4.69) is 10.2 Å². The van der Waals surface area contributed by atoms with E-state index >= 15 is 0 Å². The number of nitro benzene ring substituents is 1. The molecular weight excluding hydrogens is 362 g/mol. The van der Waals surface area contributed by atoms with Gasteiger partial charge in [-0.2, -0.15) is 0 Å². The Morgan fingerprint density at radius 2 is 1.82 bits per heavy atom. The number of benzene rings is 2. The van der Waals surface area contributed by atoms with Gasteiger partial charge >= 0.3 is 5.97 Å². The number of rotatable bonds is 7. The van der Waals surface area contributed by atoms with E-state index in [4.69, 9.17) is 9.15 Å². The molecule has 2 atom stereocenters. The zero-order valence-corrected chi connectivity index (χ0v) is 15.4. The molecule has 0 amide bonds. The first kappa shape index (κ1) is 19.2. The predicted octanol–water partition coefficient (Wildman–Crippen LogP) is 4.44. The summed E-state index contributed by atoms with van der Waals surface area (Å²) >= 11 is 0. The average molecular weight is 381 g/mol. The van der Waals surface area contributed by atoms with Crippen LogP contribution in [0.15, 0.2) is 59.0 Å². The van der Waals surface area contributed by atoms with E-state index in [1.54, 1.807) is 6.92 Å². The predicted molar refractivity (Wildman–Crippen MR) is 100 cm³/mol. The molecule has 3 rings (SSSR count). The van der Waals surface area contributed by atoms with Crippen molar-refractivity contribution in [3.8, 4) is 11.5 Å². The minimum absolute atomic E-state index is 0.0303. The van der Waals surface area contributed by atoms with Crippen molar-refractivity contribution in [1.29, 1.82) is 0 Å². The molecule has 144 valence electrons. The maximum Gasteiger partial charge on any atom is 0.314 e. The molecule has 0 saturated heterocycles. The van der Waals surface area contributed by atoms with Crippen molar-refractivity contribution in [2.24, 2.45) is 0 Å². The minimum Gasteiger partial charge on any atom is -0.452 e. The van der Waals surface area contributed by atoms with Gasteiger partial charge in [0, 0.05) is 17.7 Å². The van der Waals surface area contributed by atoms with Crippen LogP contribution < -0.4 is 0 Å². The third kappa shape index (κ3) is 4.22. The zero-order valence-electron chi connectivity index (χ0n) is 15.4. The van der Waals surface area contributed by atoms with Crippen molar-refractivity contribution in [1.82, 2.24) is 10.2 Å². The first-order chi connectivity index (χ1) is 13.5. The van der Waals surface area contributed by atoms with Crippen LogP contribution in [-0.2, 0) is 9.53 Å². The van der Waals surface area contributed by atoms with E-state index in [0.29, 0.717) is 12.0 Å². The number of esters is 1. The fourth-order valence-corrected chi connectivity index (χ4v) is 2.77. The summed E-state index contributed by atoms with van der Waals surface area (Å²) in [5.74, 6) is -0.385. The summed E-state index contributed by atoms with van der Waals surface area (Å²) in [6, 6.07) is 15.2. The molecule has 0 aliphatic carbocycles. The molecule has 8 heteroatoms. The van der Waals surface area contributed by atoms with Gasteiger partial charge in [0.2, 0.25) is 5.89 Å². The van der Waals surface area contributed by atoms with Gasteiger partial charge in [-0.25, -0.2) is 0 Å². The number of hydrogen-bond donors (Lipinski definition) is 0. The van der Waals surface area contributed by atoms with Crippen LogP contribution in [0.1, 0.15) is 43.7 Å². The molecule has 0 bridgehead atoms. The second kappa shape index (κ2) is 8.43. The van der Waals surface area contributed by atoms with E-state index in [0.717, 1.165) is 5.56 Å². The minimum atomic E-state index is -0.718. The molecule has 0 radical (unpaired) electrons. The summed E-state index contributed by atoms with van der Waals surface area (Å²) in [7, 11) is 0. The largest absolute Gasteiger partial charge is 0.452 e. The number of carbonyl (C=O) groups excluding carboxylic acids is 1. The summed E-state index contributed by atoms with van der Waals surface area (Å²) in [6.45, 7) is 3.58. The Hall–Kier alpha value is -3.55. The van der Waals surface area contributed by atoms with E-state index in [1.165, 1.54) is 24.3 Å². The summed E-state index contributed by atoms with van der Waals surface area (Å²) in [5.41, 5.74) is 1.40. The standard InChI is InChI=1S/C20H19N3O5/c1-3-17(14-7-5-4-6-8-14)20(24)27-13(2)18-21-22-19(28-18)15-9-11-16(12-10-15)23(25)26/h4-13,17H,3H2,1-2H3/t13-,17-/m0/s1. The third-order valence-electron chi connectivity index (χ3n) is 4.30. The number of hydrogen-bond acceptors (Lipinski definition) is 7. The van der Waals surface area contributed by atoms with Crippen molar-refractivity contribution in [2.75, 3.05) is 0 Å². The lowest BCUT2D eigenvalue weighted by atomic mass is 9.97. The Kier molecular flexibility index (Phi) is 5.78. The molecule has 1 heterocycles. The van der Waals surface area contributed by atoms with Crippen molar-refractivity contribution >= 4 is 11.7 Å². The van der Waals surface area contributed by atoms with Crippen molar-refractivity contribution in [3.05, 3.63) is 76.2 Å². The number of non-ortho nitro benzene ring substituents is 1. The fraction of sp³-hybridized carbons (Fsp3) is 0.250. The second-order valence-corrected chi connectivity index (χ2v) is 6.20. The Labute approximate surface area is 161 Å². The normalized spacial score (nSPS) is 12.9. The van der Waals surface area contributed by atoms with Gasteiger partial charge in [0.05, 0.1) is 10.8 Å². The van der Waals surface area contributed by atoms with Gasteiger partial charge in [-0.1, -0.05) is 37.3 Å². The lowest BCUT2D eigenvalue weighted by Crippen LogP contribution is -2.17. The maximum absolute atomic E-state index is 12.6. The van der Waals surface area contributed by atoms with Gasteiger partial charge in [0.15, 0.2) is 6.10 Å². The molecule has 8 nitrogen and oxygen atoms in total. The van der Waals surface area contributed by atoms with Crippen LogP contribution in [-0.4, -0.2) is 21.1 Å². The lowest BCUT2D eigenvalue weighted by Gasteiger charge is -2.16. The molecule has 0 saturated carbocycles. The van der Waals surface area contributed by atoms with Crippen LogP contribution in [0.2, 0.25) is 0 Å². The Balaban J connectivity index is 1.70. The number of ether oxygens (including phenoxy) is 1. The second-order valence-electron chi connectivity index (χ2n) is 6.20. The number of nitro groups is 1. The molecule has 0 aliphatic rings. The van der Waals surface area contributed by atoms with Crippen LogP contribution in [0, 0.1) is 10.1 Å². The highest BCUT2D eigenvalue weighted by Crippen LogP contribution is 2.27. The summed E-state index contributed by atoms with van der Waals surface area (Å²) < 4.78 is 11.1. The highest BCUT2D eigenvalue weighted by Gasteiger charge is 2.25. The van der Waals surface area contributed by atoms with Crippen molar-refractivity contribution < 1.29 is 18.9 Å². The third-order valence-corrected chi connectivity index (χ3v) is 4.30. The first-order valence-corrected chi connectivity index (χ1v) is 8.83. The Morgan fingerprint density at radius 3 is 2.43 bits per heavy atom. The number of aromatic nitrogens is 2. The zero-order chi connectivity index (χ0) is 20.1. The van der Waals surface area contributed by atoms with Gasteiger partial charge in [0.25, 0.3) is 11.6 Å². The number of nitrogens with zero attached hydrogens (tertiary/aromatic N) is 3. The monoisotopic (exact) mass is 381 g/mol. The van der Waals surface area contributed by atoms with Crippen LogP contribution in [0.4, 0.5) is 5.69 Å². The van der Waals surface area contributed by atoms with Gasteiger partial charge in [-0.3, -0.25) is 14.9 Å². The average Bonchev–Trinajstić information content (AvgIpc) is 3.20. The van der Waals surface area contributed by atoms with E-state index in [-0.39, 0.29) is 29.4 Å². The molecule has 0 fully saturated rings. The molecule has 0 N–H and O–H groups in total. The molecule has 0 unspecified atom stereocenters. The number of carbonyl (C=O) groups is 1.